The second-order valence-corrected chi connectivity index (χ2v) is 6.30. The number of nitrogens with one attached hydrogen (secondary N) is 2. The Hall–Kier alpha value is -3.68. The largest absolute Gasteiger partial charge is 0.497 e. The van der Waals surface area contributed by atoms with E-state index in [0.717, 1.165) is 0 Å². The van der Waals surface area contributed by atoms with E-state index in [4.69, 9.17) is 4.74 Å². The number of hydrogen-bond donors (Lipinski definition) is 2. The number of hydrogen-bond acceptors (Lipinski definition) is 5. The Balaban J connectivity index is 1.74. The first kappa shape index (κ1) is 17.7. The lowest BCUT2D eigenvalue weighted by molar-refractivity contribution is -0.113. The molecule has 0 radical (unpaired) electrons. The maximum Gasteiger partial charge on any atom is 0.255 e. The van der Waals surface area contributed by atoms with Crippen LogP contribution >= 0.6 is 0 Å². The molecule has 0 saturated heterocycles. The van der Waals surface area contributed by atoms with Crippen LogP contribution in [0.2, 0.25) is 0 Å². The summed E-state index contributed by atoms with van der Waals surface area (Å²) in [5.74, 6) is 0.360. The number of anilines is 2. The quantitative estimate of drug-likeness (QED) is 0.727. The summed E-state index contributed by atoms with van der Waals surface area (Å²) >= 11 is 0. The molecule has 0 unspecified atom stereocenters. The number of fused-ring (bicyclic) bond motifs is 1. The molecule has 0 saturated carbocycles. The van der Waals surface area contributed by atoms with E-state index >= 15 is 0 Å². The highest BCUT2D eigenvalue weighted by Crippen LogP contribution is 2.36. The van der Waals surface area contributed by atoms with Crippen LogP contribution in [0.25, 0.3) is 0 Å². The van der Waals surface area contributed by atoms with Crippen molar-refractivity contribution in [2.75, 3.05) is 17.7 Å². The van der Waals surface area contributed by atoms with Gasteiger partial charge in [0.2, 0.25) is 5.95 Å². The third-order valence-electron chi connectivity index (χ3n) is 4.59. The highest BCUT2D eigenvalue weighted by Gasteiger charge is 2.34. The van der Waals surface area contributed by atoms with Gasteiger partial charge in [-0.2, -0.15) is 10.1 Å². The molecule has 2 N–H and O–H groups in total. The number of halogens is 1. The smallest absolute Gasteiger partial charge is 0.255 e. The lowest BCUT2D eigenvalue weighted by Gasteiger charge is -2.29. The molecule has 2 aromatic carbocycles. The SMILES string of the molecule is COc1ccc(NC(=O)C2=C(C)Nc3ncnn3[C@@H]2c2ccccc2F)cc1. The number of ether oxygens (including phenoxy) is 1. The molecular weight excluding hydrogens is 361 g/mol. The highest BCUT2D eigenvalue weighted by atomic mass is 19.1. The van der Waals surface area contributed by atoms with E-state index in [9.17, 15) is 9.18 Å². The molecule has 8 heteroatoms. The van der Waals surface area contributed by atoms with Gasteiger partial charge in [0.15, 0.2) is 0 Å². The molecule has 142 valence electrons. The normalized spacial score (nSPS) is 15.6. The fourth-order valence-electron chi connectivity index (χ4n) is 3.24. The van der Waals surface area contributed by atoms with Gasteiger partial charge in [-0.1, -0.05) is 18.2 Å². The number of allylic oxidation sites excluding steroid dienone is 1. The van der Waals surface area contributed by atoms with Gasteiger partial charge in [0.25, 0.3) is 5.91 Å². The molecule has 1 aliphatic heterocycles. The van der Waals surface area contributed by atoms with Gasteiger partial charge in [0.1, 0.15) is 23.9 Å². The zero-order valence-electron chi connectivity index (χ0n) is 15.3. The van der Waals surface area contributed by atoms with Gasteiger partial charge < -0.3 is 15.4 Å². The van der Waals surface area contributed by atoms with Gasteiger partial charge in [-0.3, -0.25) is 4.79 Å². The molecule has 0 fully saturated rings. The number of carbonyl (C=O) groups is 1. The summed E-state index contributed by atoms with van der Waals surface area (Å²) in [6.07, 6.45) is 1.37. The number of amides is 1. The second-order valence-electron chi connectivity index (χ2n) is 6.30. The Kier molecular flexibility index (Phi) is 4.52. The molecule has 1 amide bonds. The minimum Gasteiger partial charge on any atom is -0.497 e. The van der Waals surface area contributed by atoms with Crippen molar-refractivity contribution in [2.24, 2.45) is 0 Å². The monoisotopic (exact) mass is 379 g/mol. The van der Waals surface area contributed by atoms with Gasteiger partial charge in [0.05, 0.1) is 12.7 Å². The van der Waals surface area contributed by atoms with Gasteiger partial charge in [-0.05, 0) is 37.3 Å². The Morgan fingerprint density at radius 3 is 2.68 bits per heavy atom. The summed E-state index contributed by atoms with van der Waals surface area (Å²) in [6.45, 7) is 1.76. The van der Waals surface area contributed by atoms with Crippen molar-refractivity contribution in [1.29, 1.82) is 0 Å². The minimum absolute atomic E-state index is 0.343. The maximum atomic E-state index is 14.6. The Bertz CT molecular complexity index is 1060. The van der Waals surface area contributed by atoms with E-state index < -0.39 is 11.9 Å². The van der Waals surface area contributed by atoms with Crippen molar-refractivity contribution < 1.29 is 13.9 Å². The summed E-state index contributed by atoms with van der Waals surface area (Å²) in [7, 11) is 1.57. The van der Waals surface area contributed by atoms with E-state index in [2.05, 4.69) is 20.7 Å². The Labute approximate surface area is 160 Å². The predicted molar refractivity (Wildman–Crippen MR) is 103 cm³/mol. The van der Waals surface area contributed by atoms with Crippen LogP contribution in [0.15, 0.2) is 66.1 Å². The van der Waals surface area contributed by atoms with E-state index in [0.29, 0.717) is 34.2 Å². The van der Waals surface area contributed by atoms with Crippen LogP contribution in [0, 0.1) is 5.82 Å². The van der Waals surface area contributed by atoms with E-state index in [1.54, 1.807) is 56.5 Å². The number of carbonyl (C=O) groups excluding carboxylic acids is 1. The van der Waals surface area contributed by atoms with Crippen LogP contribution in [0.1, 0.15) is 18.5 Å². The summed E-state index contributed by atoms with van der Waals surface area (Å²) in [5, 5.41) is 10.1. The van der Waals surface area contributed by atoms with Crippen molar-refractivity contribution >= 4 is 17.5 Å². The Morgan fingerprint density at radius 1 is 1.21 bits per heavy atom. The second kappa shape index (κ2) is 7.15. The molecule has 3 aromatic rings. The predicted octanol–water partition coefficient (Wildman–Crippen LogP) is 3.35. The van der Waals surface area contributed by atoms with Crippen LogP contribution < -0.4 is 15.4 Å². The number of methoxy groups -OCH3 is 1. The highest BCUT2D eigenvalue weighted by molar-refractivity contribution is 6.06. The first-order valence-corrected chi connectivity index (χ1v) is 8.65. The van der Waals surface area contributed by atoms with Crippen molar-refractivity contribution in [3.05, 3.63) is 77.5 Å². The summed E-state index contributed by atoms with van der Waals surface area (Å²) < 4.78 is 21.2. The first-order valence-electron chi connectivity index (χ1n) is 8.65. The van der Waals surface area contributed by atoms with Crippen LogP contribution in [0.3, 0.4) is 0 Å². The molecule has 1 aliphatic rings. The number of nitrogens with zero attached hydrogens (tertiary/aromatic N) is 3. The molecule has 7 nitrogen and oxygen atoms in total. The molecule has 0 spiro atoms. The molecule has 2 heterocycles. The lowest BCUT2D eigenvalue weighted by Crippen LogP contribution is -2.32. The van der Waals surface area contributed by atoms with E-state index in [-0.39, 0.29) is 5.91 Å². The van der Waals surface area contributed by atoms with Gasteiger partial charge in [-0.15, -0.1) is 0 Å². The maximum absolute atomic E-state index is 14.6. The first-order chi connectivity index (χ1) is 13.6. The average molecular weight is 379 g/mol. The topological polar surface area (TPSA) is 81.1 Å². The van der Waals surface area contributed by atoms with Gasteiger partial charge in [-0.25, -0.2) is 9.07 Å². The van der Waals surface area contributed by atoms with Crippen molar-refractivity contribution in [2.45, 2.75) is 13.0 Å². The lowest BCUT2D eigenvalue weighted by atomic mass is 9.94. The summed E-state index contributed by atoms with van der Waals surface area (Å²) in [4.78, 5) is 17.3. The van der Waals surface area contributed by atoms with Gasteiger partial charge in [0, 0.05) is 16.9 Å². The van der Waals surface area contributed by atoms with Crippen LogP contribution in [-0.4, -0.2) is 27.8 Å². The van der Waals surface area contributed by atoms with E-state index in [1.807, 2.05) is 0 Å². The standard InChI is InChI=1S/C20H18FN5O2/c1-12-17(19(27)25-13-7-9-14(28-2)10-8-13)18(15-5-3-4-6-16(15)21)26-20(24-12)22-11-23-26/h3-11,18H,1-2H3,(H,25,27)(H,22,23,24)/t18-/m1/s1. The minimum atomic E-state index is -0.738. The molecule has 4 rings (SSSR count). The fourth-order valence-corrected chi connectivity index (χ4v) is 3.24. The zero-order valence-corrected chi connectivity index (χ0v) is 15.3. The average Bonchev–Trinajstić information content (AvgIpc) is 3.16. The van der Waals surface area contributed by atoms with Crippen LogP contribution in [-0.2, 0) is 4.79 Å². The van der Waals surface area contributed by atoms with Crippen LogP contribution in [0.5, 0.6) is 5.75 Å². The molecule has 1 aromatic heterocycles. The molecule has 0 bridgehead atoms. The third kappa shape index (κ3) is 3.09. The molecule has 1 atom stereocenters. The number of aromatic nitrogens is 3. The summed E-state index contributed by atoms with van der Waals surface area (Å²) in [5.41, 5.74) is 1.89. The fraction of sp³-hybridized carbons (Fsp3) is 0.150. The third-order valence-corrected chi connectivity index (χ3v) is 4.59. The number of benzene rings is 2. The molecule has 28 heavy (non-hydrogen) atoms. The number of rotatable bonds is 4. The van der Waals surface area contributed by atoms with Crippen molar-refractivity contribution in [1.82, 2.24) is 14.8 Å². The molecule has 0 aliphatic carbocycles. The van der Waals surface area contributed by atoms with E-state index in [1.165, 1.54) is 17.1 Å². The Morgan fingerprint density at radius 2 is 1.96 bits per heavy atom. The van der Waals surface area contributed by atoms with Crippen molar-refractivity contribution in [3.63, 3.8) is 0 Å². The van der Waals surface area contributed by atoms with Crippen molar-refractivity contribution in [3.8, 4) is 5.75 Å². The summed E-state index contributed by atoms with van der Waals surface area (Å²) in [6, 6.07) is 12.6. The molecular formula is C20H18FN5O2. The van der Waals surface area contributed by atoms with Crippen LogP contribution in [0.4, 0.5) is 16.0 Å². The zero-order chi connectivity index (χ0) is 19.7. The van der Waals surface area contributed by atoms with Gasteiger partial charge >= 0.3 is 0 Å².